The lowest BCUT2D eigenvalue weighted by molar-refractivity contribution is 0.112. The van der Waals surface area contributed by atoms with Crippen molar-refractivity contribution in [3.63, 3.8) is 0 Å². The van der Waals surface area contributed by atoms with Crippen molar-refractivity contribution in [2.75, 3.05) is 7.11 Å². The lowest BCUT2D eigenvalue weighted by atomic mass is 10.1. The molecular weight excluding hydrogens is 351 g/mol. The largest absolute Gasteiger partial charge is 0.491 e. The molecule has 3 rings (SSSR count). The highest BCUT2D eigenvalue weighted by molar-refractivity contribution is 5.76. The molecule has 1 aromatic heterocycles. The highest BCUT2D eigenvalue weighted by Crippen LogP contribution is 2.29. The Morgan fingerprint density at radius 3 is 2.63 bits per heavy atom. The first-order chi connectivity index (χ1) is 13.0. The molecule has 1 heterocycles. The zero-order valence-electron chi connectivity index (χ0n) is 15.2. The molecule has 140 valence electrons. The smallest absolute Gasteiger partial charge is 0.258 e. The molecule has 0 amide bonds. The summed E-state index contributed by atoms with van der Waals surface area (Å²) in [6.45, 7) is 4.27. The van der Waals surface area contributed by atoms with E-state index in [1.165, 1.54) is 12.1 Å². The highest BCUT2D eigenvalue weighted by Gasteiger charge is 2.15. The molecule has 27 heavy (non-hydrogen) atoms. The number of hydrogen-bond acceptors (Lipinski definition) is 6. The first-order valence-corrected chi connectivity index (χ1v) is 8.39. The molecule has 0 bridgehead atoms. The van der Waals surface area contributed by atoms with Gasteiger partial charge in [-0.25, -0.2) is 4.39 Å². The Hall–Kier alpha value is -3.06. The van der Waals surface area contributed by atoms with Gasteiger partial charge in [0.25, 0.3) is 5.89 Å². The van der Waals surface area contributed by atoms with Crippen LogP contribution in [0.25, 0.3) is 22.8 Å². The maximum absolute atomic E-state index is 13.8. The van der Waals surface area contributed by atoms with Gasteiger partial charge >= 0.3 is 0 Å². The van der Waals surface area contributed by atoms with Crippen LogP contribution in [-0.2, 0) is 11.3 Å². The van der Waals surface area contributed by atoms with E-state index in [-0.39, 0.29) is 17.5 Å². The van der Waals surface area contributed by atoms with E-state index < -0.39 is 5.82 Å². The van der Waals surface area contributed by atoms with Crippen LogP contribution in [0.3, 0.4) is 0 Å². The molecule has 0 spiro atoms. The summed E-state index contributed by atoms with van der Waals surface area (Å²) in [4.78, 5) is 15.1. The van der Waals surface area contributed by atoms with Crippen molar-refractivity contribution in [2.24, 2.45) is 0 Å². The van der Waals surface area contributed by atoms with E-state index in [0.29, 0.717) is 29.9 Å². The fraction of sp³-hybridized carbons (Fsp3) is 0.250. The van der Waals surface area contributed by atoms with Crippen molar-refractivity contribution in [3.8, 4) is 28.6 Å². The molecule has 0 atom stereocenters. The van der Waals surface area contributed by atoms with Gasteiger partial charge in [0, 0.05) is 23.8 Å². The molecular formula is C20H19FN2O4. The van der Waals surface area contributed by atoms with E-state index in [2.05, 4.69) is 10.1 Å². The number of methoxy groups -OCH3 is 1. The summed E-state index contributed by atoms with van der Waals surface area (Å²) in [5.74, 6) is 0.615. The van der Waals surface area contributed by atoms with Gasteiger partial charge in [-0.15, -0.1) is 0 Å². The molecule has 0 aliphatic heterocycles. The maximum Gasteiger partial charge on any atom is 0.258 e. The van der Waals surface area contributed by atoms with Crippen LogP contribution in [0.4, 0.5) is 4.39 Å². The van der Waals surface area contributed by atoms with Crippen LogP contribution in [-0.4, -0.2) is 29.6 Å². The van der Waals surface area contributed by atoms with E-state index in [4.69, 9.17) is 14.0 Å². The van der Waals surface area contributed by atoms with E-state index in [1.54, 1.807) is 13.2 Å². The second-order valence-corrected chi connectivity index (χ2v) is 6.20. The predicted octanol–water partition coefficient (Wildman–Crippen LogP) is 4.29. The summed E-state index contributed by atoms with van der Waals surface area (Å²) in [5.41, 5.74) is 1.95. The number of nitrogens with zero attached hydrogens (tertiary/aromatic N) is 2. The second kappa shape index (κ2) is 8.09. The van der Waals surface area contributed by atoms with Crippen molar-refractivity contribution in [1.82, 2.24) is 10.1 Å². The zero-order chi connectivity index (χ0) is 19.4. The number of ether oxygens (including phenoxy) is 2. The average molecular weight is 370 g/mol. The van der Waals surface area contributed by atoms with Crippen LogP contribution < -0.4 is 4.74 Å². The fourth-order valence-electron chi connectivity index (χ4n) is 2.57. The van der Waals surface area contributed by atoms with Crippen molar-refractivity contribution in [1.29, 1.82) is 0 Å². The Bertz CT molecular complexity index is 953. The van der Waals surface area contributed by atoms with Gasteiger partial charge in [-0.3, -0.25) is 4.79 Å². The van der Waals surface area contributed by atoms with Crippen LogP contribution >= 0.6 is 0 Å². The maximum atomic E-state index is 13.8. The van der Waals surface area contributed by atoms with Crippen LogP contribution in [0, 0.1) is 5.82 Å². The standard InChI is InChI=1S/C20H19FN2O4/c1-12(2)26-18-7-6-14(8-16(18)11-25-3)20-22-19(23-27-20)13-4-5-15(10-24)17(21)9-13/h4-10,12H,11H2,1-3H3. The number of halogens is 1. The summed E-state index contributed by atoms with van der Waals surface area (Å²) in [6.07, 6.45) is 0.490. The first-order valence-electron chi connectivity index (χ1n) is 8.39. The molecule has 0 unspecified atom stereocenters. The first kappa shape index (κ1) is 18.7. The van der Waals surface area contributed by atoms with Crippen LogP contribution in [0.5, 0.6) is 5.75 Å². The highest BCUT2D eigenvalue weighted by atomic mass is 19.1. The third kappa shape index (κ3) is 4.20. The molecule has 0 aliphatic carbocycles. The van der Waals surface area contributed by atoms with Crippen molar-refractivity contribution < 1.29 is 23.2 Å². The molecule has 0 aliphatic rings. The minimum absolute atomic E-state index is 0.0209. The van der Waals surface area contributed by atoms with Crippen LogP contribution in [0.15, 0.2) is 40.9 Å². The molecule has 3 aromatic rings. The van der Waals surface area contributed by atoms with Crippen molar-refractivity contribution in [2.45, 2.75) is 26.6 Å². The SMILES string of the molecule is COCc1cc(-c2nc(-c3ccc(C=O)c(F)c3)no2)ccc1OC(C)C. The zero-order valence-corrected chi connectivity index (χ0v) is 15.2. The third-order valence-electron chi connectivity index (χ3n) is 3.78. The Balaban J connectivity index is 1.92. The van der Waals surface area contributed by atoms with Gasteiger partial charge in [0.1, 0.15) is 11.6 Å². The molecule has 0 N–H and O–H groups in total. The molecule has 0 saturated heterocycles. The van der Waals surface area contributed by atoms with Crippen LogP contribution in [0.1, 0.15) is 29.8 Å². The summed E-state index contributed by atoms with van der Waals surface area (Å²) in [5, 5.41) is 3.90. The van der Waals surface area contributed by atoms with E-state index in [9.17, 15) is 9.18 Å². The fourth-order valence-corrected chi connectivity index (χ4v) is 2.57. The number of hydrogen-bond donors (Lipinski definition) is 0. The monoisotopic (exact) mass is 370 g/mol. The topological polar surface area (TPSA) is 74.5 Å². The van der Waals surface area contributed by atoms with Gasteiger partial charge in [-0.1, -0.05) is 11.2 Å². The van der Waals surface area contributed by atoms with Gasteiger partial charge in [-0.05, 0) is 44.2 Å². The molecule has 7 heteroatoms. The second-order valence-electron chi connectivity index (χ2n) is 6.20. The lowest BCUT2D eigenvalue weighted by Crippen LogP contribution is -2.08. The number of carbonyl (C=O) groups is 1. The third-order valence-corrected chi connectivity index (χ3v) is 3.78. The van der Waals surface area contributed by atoms with Gasteiger partial charge in [0.2, 0.25) is 5.82 Å². The predicted molar refractivity (Wildman–Crippen MR) is 97.0 cm³/mol. The summed E-state index contributed by atoms with van der Waals surface area (Å²) < 4.78 is 30.1. The van der Waals surface area contributed by atoms with E-state index in [1.807, 2.05) is 32.0 Å². The quantitative estimate of drug-likeness (QED) is 0.578. The van der Waals surface area contributed by atoms with Gasteiger partial charge < -0.3 is 14.0 Å². The summed E-state index contributed by atoms with van der Waals surface area (Å²) >= 11 is 0. The number of aromatic nitrogens is 2. The molecule has 0 fully saturated rings. The van der Waals surface area contributed by atoms with Gasteiger partial charge in [0.05, 0.1) is 18.3 Å². The number of rotatable bonds is 7. The van der Waals surface area contributed by atoms with Gasteiger partial charge in [-0.2, -0.15) is 4.98 Å². The van der Waals surface area contributed by atoms with Gasteiger partial charge in [0.15, 0.2) is 6.29 Å². The Labute approximate surface area is 155 Å². The average Bonchev–Trinajstić information content (AvgIpc) is 3.13. The molecule has 6 nitrogen and oxygen atoms in total. The van der Waals surface area contributed by atoms with E-state index >= 15 is 0 Å². The summed E-state index contributed by atoms with van der Waals surface area (Å²) in [6, 6.07) is 9.64. The van der Waals surface area contributed by atoms with Crippen molar-refractivity contribution >= 4 is 6.29 Å². The normalized spacial score (nSPS) is 11.0. The number of carbonyl (C=O) groups excluding carboxylic acids is 1. The number of benzene rings is 2. The Morgan fingerprint density at radius 2 is 1.96 bits per heavy atom. The minimum atomic E-state index is -0.633. The summed E-state index contributed by atoms with van der Waals surface area (Å²) in [7, 11) is 1.61. The Kier molecular flexibility index (Phi) is 5.61. The number of aldehydes is 1. The Morgan fingerprint density at radius 1 is 1.19 bits per heavy atom. The minimum Gasteiger partial charge on any atom is -0.491 e. The molecule has 2 aromatic carbocycles. The lowest BCUT2D eigenvalue weighted by Gasteiger charge is -2.14. The van der Waals surface area contributed by atoms with E-state index in [0.717, 1.165) is 11.3 Å². The van der Waals surface area contributed by atoms with Crippen molar-refractivity contribution in [3.05, 3.63) is 53.3 Å². The molecule has 0 saturated carbocycles. The van der Waals surface area contributed by atoms with Crippen LogP contribution in [0.2, 0.25) is 0 Å². The molecule has 0 radical (unpaired) electrons.